The van der Waals surface area contributed by atoms with E-state index in [0.717, 1.165) is 145 Å². The highest BCUT2D eigenvalue weighted by molar-refractivity contribution is 6.32. The van der Waals surface area contributed by atoms with Crippen molar-refractivity contribution < 1.29 is 5.11 Å². The van der Waals surface area contributed by atoms with Gasteiger partial charge >= 0.3 is 0 Å². The molecule has 7 aromatic rings. The monoisotopic (exact) mass is 796 g/mol. The summed E-state index contributed by atoms with van der Waals surface area (Å²) in [5, 5.41) is 16.7. The molecule has 59 heavy (non-hydrogen) atoms. The van der Waals surface area contributed by atoms with Crippen LogP contribution in [-0.4, -0.2) is 24.2 Å². The first-order valence-corrected chi connectivity index (χ1v) is 23.1. The molecule has 0 amide bonds. The van der Waals surface area contributed by atoms with E-state index in [1.54, 1.807) is 16.7 Å². The van der Waals surface area contributed by atoms with Crippen LogP contribution in [0.4, 0.5) is 0 Å². The van der Waals surface area contributed by atoms with Crippen molar-refractivity contribution in [3.63, 3.8) is 0 Å². The van der Waals surface area contributed by atoms with Crippen LogP contribution in [0.25, 0.3) is 65.5 Å². The van der Waals surface area contributed by atoms with Crippen molar-refractivity contribution in [3.05, 3.63) is 85.7 Å². The van der Waals surface area contributed by atoms with Gasteiger partial charge in [0.25, 0.3) is 16.7 Å². The fourth-order valence-electron chi connectivity index (χ4n) is 9.68. The quantitative estimate of drug-likeness (QED) is 0.0510. The number of benzene rings is 4. The summed E-state index contributed by atoms with van der Waals surface area (Å²) < 4.78 is 3.13. The number of pyridine rings is 2. The molecule has 0 aliphatic rings. The third-order valence-electron chi connectivity index (χ3n) is 12.9. The number of aromatic nitrogens is 4. The van der Waals surface area contributed by atoms with Crippen LogP contribution in [-0.2, 0) is 0 Å². The van der Waals surface area contributed by atoms with Gasteiger partial charge in [-0.3, -0.25) is 23.5 Å². The molecular formula is C51H64N4O4. The largest absolute Gasteiger partial charge is 0.494 e. The molecule has 0 radical (unpaired) electrons. The van der Waals surface area contributed by atoms with Gasteiger partial charge in [-0.15, -0.1) is 0 Å². The summed E-state index contributed by atoms with van der Waals surface area (Å²) in [6.45, 7) is 8.76. The van der Waals surface area contributed by atoms with Gasteiger partial charge in [-0.1, -0.05) is 167 Å². The van der Waals surface area contributed by atoms with Crippen LogP contribution < -0.4 is 16.7 Å². The summed E-state index contributed by atoms with van der Waals surface area (Å²) in [5.41, 5.74) is 0.447. The molecule has 0 bridgehead atoms. The van der Waals surface area contributed by atoms with E-state index in [2.05, 4.69) is 39.8 Å². The number of imidazole rings is 1. The van der Waals surface area contributed by atoms with Crippen LogP contribution >= 0.6 is 0 Å². The van der Waals surface area contributed by atoms with Gasteiger partial charge in [-0.2, -0.15) is 0 Å². The molecule has 0 aliphatic heterocycles. The molecule has 312 valence electrons. The molecule has 0 fully saturated rings. The number of hydrogen-bond acceptors (Lipinski definition) is 6. The van der Waals surface area contributed by atoms with Crippen LogP contribution in [0.5, 0.6) is 5.88 Å². The molecule has 0 atom stereocenters. The summed E-state index contributed by atoms with van der Waals surface area (Å²) in [7, 11) is 0. The van der Waals surface area contributed by atoms with E-state index < -0.39 is 0 Å². The van der Waals surface area contributed by atoms with E-state index in [4.69, 9.17) is 9.97 Å². The minimum absolute atomic E-state index is 0.100. The first-order chi connectivity index (χ1) is 28.8. The second-order valence-electron chi connectivity index (χ2n) is 17.2. The number of aromatic hydroxyl groups is 1. The Hall–Kier alpha value is -4.85. The molecule has 8 heteroatoms. The van der Waals surface area contributed by atoms with Crippen LogP contribution in [0.2, 0.25) is 0 Å². The molecular weight excluding hydrogens is 733 g/mol. The van der Waals surface area contributed by atoms with Crippen LogP contribution in [0.1, 0.15) is 168 Å². The van der Waals surface area contributed by atoms with Crippen molar-refractivity contribution in [2.45, 2.75) is 168 Å². The number of hydrogen-bond donors (Lipinski definition) is 1. The maximum atomic E-state index is 15.3. The van der Waals surface area contributed by atoms with Gasteiger partial charge in [-0.05, 0) is 54.7 Å². The number of nitrogens with zero attached hydrogens (tertiary/aromatic N) is 4. The average Bonchev–Trinajstić information content (AvgIpc) is 3.69. The molecule has 0 saturated carbocycles. The third kappa shape index (κ3) is 8.47. The summed E-state index contributed by atoms with van der Waals surface area (Å²) in [6.07, 6.45) is 20.0. The van der Waals surface area contributed by atoms with Gasteiger partial charge in [0.15, 0.2) is 5.82 Å². The van der Waals surface area contributed by atoms with Crippen LogP contribution in [0.3, 0.4) is 0 Å². The number of fused-ring (bicyclic) bond motifs is 4. The molecule has 0 unspecified atom stereocenters. The van der Waals surface area contributed by atoms with Crippen molar-refractivity contribution in [1.82, 2.24) is 19.1 Å². The Morgan fingerprint density at radius 2 is 0.949 bits per heavy atom. The van der Waals surface area contributed by atoms with Gasteiger partial charge in [0.2, 0.25) is 5.88 Å². The Kier molecular flexibility index (Phi) is 14.0. The lowest BCUT2D eigenvalue weighted by atomic mass is 9.93. The van der Waals surface area contributed by atoms with Gasteiger partial charge in [-0.25, -0.2) is 9.97 Å². The Bertz CT molecular complexity index is 2660. The Balaban J connectivity index is 1.52. The normalized spacial score (nSPS) is 12.3. The predicted octanol–water partition coefficient (Wildman–Crippen LogP) is 13.1. The van der Waals surface area contributed by atoms with Crippen molar-refractivity contribution in [1.29, 1.82) is 0 Å². The van der Waals surface area contributed by atoms with Crippen LogP contribution in [0, 0.1) is 0 Å². The van der Waals surface area contributed by atoms with Gasteiger partial charge in [0.05, 0.1) is 10.8 Å². The van der Waals surface area contributed by atoms with E-state index in [9.17, 15) is 9.90 Å². The molecule has 7 rings (SSSR count). The van der Waals surface area contributed by atoms with E-state index >= 15 is 9.59 Å². The zero-order valence-corrected chi connectivity index (χ0v) is 36.0. The highest BCUT2D eigenvalue weighted by Gasteiger charge is 2.30. The molecule has 0 saturated heterocycles. The second-order valence-corrected chi connectivity index (χ2v) is 17.2. The Morgan fingerprint density at radius 1 is 0.492 bits per heavy atom. The maximum Gasteiger partial charge on any atom is 0.263 e. The zero-order chi connectivity index (χ0) is 41.5. The van der Waals surface area contributed by atoms with Gasteiger partial charge in [0.1, 0.15) is 11.0 Å². The summed E-state index contributed by atoms with van der Waals surface area (Å²) in [5.74, 6) is 0.328. The molecule has 3 aromatic heterocycles. The molecule has 4 aromatic carbocycles. The minimum atomic E-state index is -0.378. The molecule has 0 aliphatic carbocycles. The second kappa shape index (κ2) is 19.5. The number of unbranched alkanes of at least 4 members (excludes halogenated alkanes) is 12. The highest BCUT2D eigenvalue weighted by Crippen LogP contribution is 2.42. The first-order valence-electron chi connectivity index (χ1n) is 23.1. The first kappa shape index (κ1) is 42.3. The smallest absolute Gasteiger partial charge is 0.263 e. The SMILES string of the molecule is CCCCCCC(CCCCCC)n1c(O)c2ccc3c(=O)n(C(CCCCCC)CCCCCC)c(=O)c4c5nc(-c6ccc7ccccc7c6)nc5c(c1=O)c2c34. The molecule has 8 nitrogen and oxygen atoms in total. The summed E-state index contributed by atoms with van der Waals surface area (Å²) >= 11 is 0. The van der Waals surface area contributed by atoms with Crippen molar-refractivity contribution in [2.75, 3.05) is 0 Å². The van der Waals surface area contributed by atoms with Crippen molar-refractivity contribution in [2.24, 2.45) is 0 Å². The minimum Gasteiger partial charge on any atom is -0.494 e. The molecule has 3 heterocycles. The highest BCUT2D eigenvalue weighted by atomic mass is 16.3. The Morgan fingerprint density at radius 3 is 1.47 bits per heavy atom. The van der Waals surface area contributed by atoms with E-state index in [-0.39, 0.29) is 34.6 Å². The lowest BCUT2D eigenvalue weighted by molar-refractivity contribution is 0.334. The fraction of sp³-hybridized carbons (Fsp3) is 0.510. The topological polar surface area (TPSA) is 107 Å². The average molecular weight is 797 g/mol. The summed E-state index contributed by atoms with van der Waals surface area (Å²) in [6, 6.07) is 17.3. The van der Waals surface area contributed by atoms with Crippen molar-refractivity contribution in [3.8, 4) is 17.3 Å². The molecule has 0 spiro atoms. The standard InChI is InChI=1S/C51H64N4O4/c1-5-9-13-17-25-37(26-18-14-10-6-2)54-48(56)39-31-32-40-42-41(39)43(50(54)58)45-46(53-47(52-45)36-30-29-34-23-21-22-24-35(34)33-36)44(42)51(59)55(49(40)57)38(27-19-15-11-7-3)28-20-16-12-8-4/h21-24,29-33,37-38,56H,5-20,25-28H2,1-4H3. The molecule has 1 N–H and O–H groups in total. The third-order valence-corrected chi connectivity index (χ3v) is 12.9. The van der Waals surface area contributed by atoms with E-state index in [0.29, 0.717) is 49.2 Å². The zero-order valence-electron chi connectivity index (χ0n) is 36.0. The fourth-order valence-corrected chi connectivity index (χ4v) is 9.68. The van der Waals surface area contributed by atoms with Gasteiger partial charge < -0.3 is 5.11 Å². The van der Waals surface area contributed by atoms with E-state index in [1.165, 1.54) is 4.57 Å². The lowest BCUT2D eigenvalue weighted by Crippen LogP contribution is -2.37. The maximum absolute atomic E-state index is 15.3. The lowest BCUT2D eigenvalue weighted by Gasteiger charge is -2.24. The predicted molar refractivity (Wildman–Crippen MR) is 247 cm³/mol. The number of rotatable bonds is 23. The van der Waals surface area contributed by atoms with Crippen LogP contribution in [0.15, 0.2) is 69.0 Å². The summed E-state index contributed by atoms with van der Waals surface area (Å²) in [4.78, 5) is 55.6. The Labute approximate surface area is 348 Å². The van der Waals surface area contributed by atoms with Crippen molar-refractivity contribution >= 4 is 54.1 Å². The van der Waals surface area contributed by atoms with E-state index in [1.807, 2.05) is 30.3 Å². The van der Waals surface area contributed by atoms with Gasteiger partial charge in [0, 0.05) is 39.2 Å².